The third-order valence-corrected chi connectivity index (χ3v) is 4.19. The van der Waals surface area contributed by atoms with Gasteiger partial charge < -0.3 is 10.3 Å². The number of aryl methyl sites for hydroxylation is 1. The van der Waals surface area contributed by atoms with Gasteiger partial charge in [0.1, 0.15) is 0 Å². The van der Waals surface area contributed by atoms with Gasteiger partial charge in [-0.15, -0.1) is 0 Å². The van der Waals surface area contributed by atoms with Gasteiger partial charge in [-0.25, -0.2) is 4.98 Å². The normalized spacial score (nSPS) is 20.0. The van der Waals surface area contributed by atoms with E-state index in [9.17, 15) is 0 Å². The first-order valence-corrected chi connectivity index (χ1v) is 7.16. The van der Waals surface area contributed by atoms with E-state index < -0.39 is 0 Å². The van der Waals surface area contributed by atoms with E-state index in [2.05, 4.69) is 40.7 Å². The predicted molar refractivity (Wildman–Crippen MR) is 77.0 cm³/mol. The summed E-state index contributed by atoms with van der Waals surface area (Å²) in [6.45, 7) is 2.12. The number of rotatable bonds is 3. The van der Waals surface area contributed by atoms with Gasteiger partial charge in [0.05, 0.1) is 18.1 Å². The Labute approximate surface area is 114 Å². The van der Waals surface area contributed by atoms with E-state index in [4.69, 9.17) is 5.73 Å². The van der Waals surface area contributed by atoms with E-state index in [-0.39, 0.29) is 6.04 Å². The largest absolute Gasteiger partial charge is 0.326 e. The molecule has 100 valence electrons. The molecule has 1 aromatic carbocycles. The Balaban J connectivity index is 2.02. The van der Waals surface area contributed by atoms with Gasteiger partial charge in [0.2, 0.25) is 0 Å². The lowest BCUT2D eigenvalue weighted by molar-refractivity contribution is 0.462. The monoisotopic (exact) mass is 255 g/mol. The highest BCUT2D eigenvalue weighted by Gasteiger charge is 2.24. The molecule has 0 fully saturated rings. The molecule has 1 unspecified atom stereocenters. The quantitative estimate of drug-likeness (QED) is 0.915. The summed E-state index contributed by atoms with van der Waals surface area (Å²) in [5.41, 5.74) is 10.3. The standard InChI is InChI=1S/C16H21N3/c1-2-14(17)16-10-18-11-19(16)15-9-5-7-12-6-3-4-8-13(12)15/h3-4,6,8,10-11,14-15H,2,5,7,9,17H2,1H3/t14-,15?/m1/s1. The summed E-state index contributed by atoms with van der Waals surface area (Å²) in [6, 6.07) is 9.25. The maximum Gasteiger partial charge on any atom is 0.0954 e. The summed E-state index contributed by atoms with van der Waals surface area (Å²) in [5.74, 6) is 0. The van der Waals surface area contributed by atoms with E-state index in [0.717, 1.165) is 12.1 Å². The van der Waals surface area contributed by atoms with Crippen LogP contribution in [0.4, 0.5) is 0 Å². The van der Waals surface area contributed by atoms with Crippen LogP contribution in [0.25, 0.3) is 0 Å². The molecule has 0 saturated heterocycles. The van der Waals surface area contributed by atoms with Gasteiger partial charge in [-0.2, -0.15) is 0 Å². The lowest BCUT2D eigenvalue weighted by Gasteiger charge is -2.29. The predicted octanol–water partition coefficient (Wildman–Crippen LogP) is 3.22. The molecule has 0 amide bonds. The number of aromatic nitrogens is 2. The molecule has 1 aliphatic rings. The SMILES string of the molecule is CC[C@@H](N)c1cncn1C1CCCc2ccccc21. The van der Waals surface area contributed by atoms with Crippen LogP contribution in [-0.4, -0.2) is 9.55 Å². The second-order valence-corrected chi connectivity index (χ2v) is 5.35. The summed E-state index contributed by atoms with van der Waals surface area (Å²) in [5, 5.41) is 0. The zero-order valence-electron chi connectivity index (χ0n) is 11.4. The third-order valence-electron chi connectivity index (χ3n) is 4.19. The van der Waals surface area contributed by atoms with Crippen molar-refractivity contribution in [1.82, 2.24) is 9.55 Å². The van der Waals surface area contributed by atoms with Crippen LogP contribution in [0.1, 0.15) is 55.1 Å². The average molecular weight is 255 g/mol. The lowest BCUT2D eigenvalue weighted by Crippen LogP contribution is -2.22. The maximum absolute atomic E-state index is 6.21. The summed E-state index contributed by atoms with van der Waals surface area (Å²) in [6.07, 6.45) is 8.41. The van der Waals surface area contributed by atoms with Crippen LogP contribution in [0.3, 0.4) is 0 Å². The highest BCUT2D eigenvalue weighted by molar-refractivity contribution is 5.33. The van der Waals surface area contributed by atoms with Crippen molar-refractivity contribution < 1.29 is 0 Å². The summed E-state index contributed by atoms with van der Waals surface area (Å²) >= 11 is 0. The molecule has 0 saturated carbocycles. The Hall–Kier alpha value is -1.61. The molecule has 1 aliphatic carbocycles. The zero-order chi connectivity index (χ0) is 13.2. The van der Waals surface area contributed by atoms with Gasteiger partial charge in [-0.3, -0.25) is 0 Å². The minimum absolute atomic E-state index is 0.0802. The molecule has 3 rings (SSSR count). The van der Waals surface area contributed by atoms with Crippen LogP contribution in [0.15, 0.2) is 36.8 Å². The van der Waals surface area contributed by atoms with Crippen LogP contribution in [-0.2, 0) is 6.42 Å². The molecule has 19 heavy (non-hydrogen) atoms. The molecule has 0 aliphatic heterocycles. The Bertz CT molecular complexity index is 559. The smallest absolute Gasteiger partial charge is 0.0954 e. The second kappa shape index (κ2) is 5.17. The Kier molecular flexibility index (Phi) is 3.38. The summed E-state index contributed by atoms with van der Waals surface area (Å²) in [7, 11) is 0. The molecule has 2 atom stereocenters. The fraction of sp³-hybridized carbons (Fsp3) is 0.438. The molecule has 0 radical (unpaired) electrons. The van der Waals surface area contributed by atoms with Crippen molar-refractivity contribution in [3.05, 3.63) is 53.6 Å². The van der Waals surface area contributed by atoms with Gasteiger partial charge in [-0.1, -0.05) is 31.2 Å². The molecule has 3 nitrogen and oxygen atoms in total. The zero-order valence-corrected chi connectivity index (χ0v) is 11.4. The van der Waals surface area contributed by atoms with Crippen molar-refractivity contribution in [3.63, 3.8) is 0 Å². The number of nitrogens with zero attached hydrogens (tertiary/aromatic N) is 2. The molecular formula is C16H21N3. The number of imidazole rings is 1. The van der Waals surface area contributed by atoms with Gasteiger partial charge in [0.25, 0.3) is 0 Å². The van der Waals surface area contributed by atoms with Crippen LogP contribution >= 0.6 is 0 Å². The van der Waals surface area contributed by atoms with Crippen molar-refractivity contribution in [2.75, 3.05) is 0 Å². The number of hydrogen-bond donors (Lipinski definition) is 1. The van der Waals surface area contributed by atoms with Crippen molar-refractivity contribution >= 4 is 0 Å². The number of nitrogens with two attached hydrogens (primary N) is 1. The highest BCUT2D eigenvalue weighted by atomic mass is 15.1. The molecule has 0 bridgehead atoms. The van der Waals surface area contributed by atoms with Gasteiger partial charge in [0.15, 0.2) is 0 Å². The van der Waals surface area contributed by atoms with Gasteiger partial charge in [-0.05, 0) is 36.8 Å². The molecule has 2 N–H and O–H groups in total. The van der Waals surface area contributed by atoms with Crippen LogP contribution in [0.2, 0.25) is 0 Å². The molecule has 1 heterocycles. The number of benzene rings is 1. The minimum atomic E-state index is 0.0802. The number of fused-ring (bicyclic) bond motifs is 1. The van der Waals surface area contributed by atoms with Crippen molar-refractivity contribution in [1.29, 1.82) is 0 Å². The molecule has 1 aromatic heterocycles. The van der Waals surface area contributed by atoms with Crippen molar-refractivity contribution in [2.45, 2.75) is 44.7 Å². The Morgan fingerprint density at radius 3 is 3.11 bits per heavy atom. The van der Waals surface area contributed by atoms with E-state index >= 15 is 0 Å². The van der Waals surface area contributed by atoms with Crippen LogP contribution in [0.5, 0.6) is 0 Å². The number of hydrogen-bond acceptors (Lipinski definition) is 2. The topological polar surface area (TPSA) is 43.8 Å². The summed E-state index contributed by atoms with van der Waals surface area (Å²) in [4.78, 5) is 4.32. The van der Waals surface area contributed by atoms with Crippen LogP contribution < -0.4 is 5.73 Å². The third kappa shape index (κ3) is 2.19. The first-order valence-electron chi connectivity index (χ1n) is 7.16. The van der Waals surface area contributed by atoms with Gasteiger partial charge in [0, 0.05) is 12.2 Å². The molecule has 0 spiro atoms. The lowest BCUT2D eigenvalue weighted by atomic mass is 9.87. The highest BCUT2D eigenvalue weighted by Crippen LogP contribution is 2.34. The fourth-order valence-electron chi connectivity index (χ4n) is 3.09. The first-order chi connectivity index (χ1) is 9.31. The van der Waals surface area contributed by atoms with E-state index in [1.165, 1.54) is 30.4 Å². The van der Waals surface area contributed by atoms with Crippen molar-refractivity contribution in [2.24, 2.45) is 5.73 Å². The van der Waals surface area contributed by atoms with E-state index in [1.54, 1.807) is 0 Å². The molecular weight excluding hydrogens is 234 g/mol. The van der Waals surface area contributed by atoms with E-state index in [0.29, 0.717) is 6.04 Å². The minimum Gasteiger partial charge on any atom is -0.326 e. The average Bonchev–Trinajstić information content (AvgIpc) is 2.95. The van der Waals surface area contributed by atoms with Crippen molar-refractivity contribution in [3.8, 4) is 0 Å². The van der Waals surface area contributed by atoms with Gasteiger partial charge >= 0.3 is 0 Å². The van der Waals surface area contributed by atoms with E-state index in [1.807, 2.05) is 12.5 Å². The molecule has 2 aromatic rings. The Morgan fingerprint density at radius 1 is 1.42 bits per heavy atom. The maximum atomic E-state index is 6.21. The fourth-order valence-corrected chi connectivity index (χ4v) is 3.09. The van der Waals surface area contributed by atoms with Crippen LogP contribution in [0, 0.1) is 0 Å². The first kappa shape index (κ1) is 12.4. The second-order valence-electron chi connectivity index (χ2n) is 5.35. The Morgan fingerprint density at radius 2 is 2.26 bits per heavy atom. The molecule has 3 heteroatoms. The summed E-state index contributed by atoms with van der Waals surface area (Å²) < 4.78 is 2.28.